The van der Waals surface area contributed by atoms with E-state index >= 15 is 0 Å². The van der Waals surface area contributed by atoms with Crippen LogP contribution < -0.4 is 0 Å². The second kappa shape index (κ2) is 6.87. The standard InChI is InChI=1S/C13H20O4S/c1-3-12(13-7-5-4-6-8-13)9-11(2)10-17-18(14,15)16/h4-8,11-12H,3,9-10H2,1-2H3,(H,14,15,16). The van der Waals surface area contributed by atoms with Crippen molar-refractivity contribution < 1.29 is 17.2 Å². The van der Waals surface area contributed by atoms with Gasteiger partial charge in [0, 0.05) is 0 Å². The lowest BCUT2D eigenvalue weighted by Gasteiger charge is -2.19. The molecule has 2 unspecified atom stereocenters. The Morgan fingerprint density at radius 1 is 1.28 bits per heavy atom. The van der Waals surface area contributed by atoms with Crippen LogP contribution in [0.5, 0.6) is 0 Å². The molecule has 1 aromatic rings. The van der Waals surface area contributed by atoms with Gasteiger partial charge in [-0.1, -0.05) is 44.2 Å². The van der Waals surface area contributed by atoms with Gasteiger partial charge < -0.3 is 0 Å². The van der Waals surface area contributed by atoms with Gasteiger partial charge in [-0.3, -0.25) is 4.55 Å². The van der Waals surface area contributed by atoms with E-state index in [4.69, 9.17) is 4.55 Å². The number of rotatable bonds is 7. The van der Waals surface area contributed by atoms with E-state index in [0.29, 0.717) is 5.92 Å². The summed E-state index contributed by atoms with van der Waals surface area (Å²) in [5.41, 5.74) is 1.25. The van der Waals surface area contributed by atoms with Crippen molar-refractivity contribution in [2.24, 2.45) is 5.92 Å². The van der Waals surface area contributed by atoms with Crippen LogP contribution in [0.4, 0.5) is 0 Å². The zero-order valence-electron chi connectivity index (χ0n) is 10.7. The van der Waals surface area contributed by atoms with Crippen molar-refractivity contribution in [2.75, 3.05) is 6.61 Å². The summed E-state index contributed by atoms with van der Waals surface area (Å²) in [6.45, 7) is 4.03. The molecule has 0 saturated heterocycles. The van der Waals surface area contributed by atoms with E-state index in [1.165, 1.54) is 5.56 Å². The summed E-state index contributed by atoms with van der Waals surface area (Å²) in [6, 6.07) is 10.1. The average Bonchev–Trinajstić information content (AvgIpc) is 2.33. The predicted octanol–water partition coefficient (Wildman–Crippen LogP) is 3.03. The van der Waals surface area contributed by atoms with E-state index in [0.717, 1.165) is 12.8 Å². The van der Waals surface area contributed by atoms with Crippen LogP contribution in [-0.2, 0) is 14.6 Å². The quantitative estimate of drug-likeness (QED) is 0.775. The highest BCUT2D eigenvalue weighted by Crippen LogP contribution is 2.27. The molecule has 0 bridgehead atoms. The lowest BCUT2D eigenvalue weighted by atomic mass is 9.88. The highest BCUT2D eigenvalue weighted by molar-refractivity contribution is 7.80. The minimum atomic E-state index is -4.33. The maximum absolute atomic E-state index is 10.5. The summed E-state index contributed by atoms with van der Waals surface area (Å²) in [4.78, 5) is 0. The van der Waals surface area contributed by atoms with E-state index in [9.17, 15) is 8.42 Å². The summed E-state index contributed by atoms with van der Waals surface area (Å²) in [5, 5.41) is 0. The molecule has 18 heavy (non-hydrogen) atoms. The van der Waals surface area contributed by atoms with Crippen LogP contribution in [0.1, 0.15) is 38.2 Å². The fraction of sp³-hybridized carbons (Fsp3) is 0.538. The van der Waals surface area contributed by atoms with E-state index in [2.05, 4.69) is 23.2 Å². The van der Waals surface area contributed by atoms with Gasteiger partial charge in [0.05, 0.1) is 6.61 Å². The Kier molecular flexibility index (Phi) is 5.78. The zero-order valence-corrected chi connectivity index (χ0v) is 11.6. The Labute approximate surface area is 109 Å². The molecule has 0 amide bonds. The van der Waals surface area contributed by atoms with Crippen molar-refractivity contribution in [1.29, 1.82) is 0 Å². The fourth-order valence-corrected chi connectivity index (χ4v) is 2.42. The topological polar surface area (TPSA) is 63.6 Å². The lowest BCUT2D eigenvalue weighted by Crippen LogP contribution is -2.14. The maximum atomic E-state index is 10.5. The van der Waals surface area contributed by atoms with Crippen molar-refractivity contribution in [1.82, 2.24) is 0 Å². The molecule has 1 N–H and O–H groups in total. The van der Waals surface area contributed by atoms with Gasteiger partial charge >= 0.3 is 10.4 Å². The monoisotopic (exact) mass is 272 g/mol. The molecule has 5 heteroatoms. The molecule has 1 rings (SSSR count). The van der Waals surface area contributed by atoms with E-state index in [1.54, 1.807) is 0 Å². The van der Waals surface area contributed by atoms with E-state index in [-0.39, 0.29) is 12.5 Å². The van der Waals surface area contributed by atoms with Crippen LogP contribution >= 0.6 is 0 Å². The minimum Gasteiger partial charge on any atom is -0.264 e. The van der Waals surface area contributed by atoms with Crippen LogP contribution in [0.3, 0.4) is 0 Å². The first-order chi connectivity index (χ1) is 8.42. The second-order valence-electron chi connectivity index (χ2n) is 4.57. The van der Waals surface area contributed by atoms with Crippen LogP contribution in [0.15, 0.2) is 30.3 Å². The molecule has 102 valence electrons. The van der Waals surface area contributed by atoms with Crippen LogP contribution in [0, 0.1) is 5.92 Å². The third-order valence-electron chi connectivity index (χ3n) is 2.95. The molecule has 0 aliphatic rings. The van der Waals surface area contributed by atoms with Crippen LogP contribution in [0.25, 0.3) is 0 Å². The molecular weight excluding hydrogens is 252 g/mol. The summed E-state index contributed by atoms with van der Waals surface area (Å²) < 4.78 is 33.9. The van der Waals surface area contributed by atoms with Crippen LogP contribution in [-0.4, -0.2) is 19.6 Å². The smallest absolute Gasteiger partial charge is 0.264 e. The fourth-order valence-electron chi connectivity index (χ4n) is 2.02. The number of hydrogen-bond acceptors (Lipinski definition) is 3. The number of benzene rings is 1. The highest BCUT2D eigenvalue weighted by Gasteiger charge is 2.15. The minimum absolute atomic E-state index is 0.0160. The molecule has 0 aromatic heterocycles. The first-order valence-electron chi connectivity index (χ1n) is 6.09. The Hall–Kier alpha value is -0.910. The van der Waals surface area contributed by atoms with Gasteiger partial charge in [-0.15, -0.1) is 0 Å². The Balaban J connectivity index is 2.54. The van der Waals surface area contributed by atoms with Gasteiger partial charge in [-0.05, 0) is 30.2 Å². The second-order valence-corrected chi connectivity index (χ2v) is 5.66. The molecule has 2 atom stereocenters. The molecule has 0 saturated carbocycles. The van der Waals surface area contributed by atoms with E-state index < -0.39 is 10.4 Å². The molecule has 0 aliphatic carbocycles. The largest absolute Gasteiger partial charge is 0.397 e. The number of hydrogen-bond donors (Lipinski definition) is 1. The zero-order chi connectivity index (χ0) is 13.6. The Morgan fingerprint density at radius 2 is 1.89 bits per heavy atom. The predicted molar refractivity (Wildman–Crippen MR) is 70.8 cm³/mol. The van der Waals surface area contributed by atoms with Gasteiger partial charge in [0.15, 0.2) is 0 Å². The van der Waals surface area contributed by atoms with Crippen LogP contribution in [0.2, 0.25) is 0 Å². The Morgan fingerprint density at radius 3 is 2.39 bits per heavy atom. The SMILES string of the molecule is CCC(CC(C)COS(=O)(=O)O)c1ccccc1. The molecule has 0 radical (unpaired) electrons. The van der Waals surface area contributed by atoms with Crippen molar-refractivity contribution in [3.8, 4) is 0 Å². The molecular formula is C13H20O4S. The maximum Gasteiger partial charge on any atom is 0.397 e. The summed E-state index contributed by atoms with van der Waals surface area (Å²) in [7, 11) is -4.33. The summed E-state index contributed by atoms with van der Waals surface area (Å²) >= 11 is 0. The van der Waals surface area contributed by atoms with Gasteiger partial charge in [0.2, 0.25) is 0 Å². The molecule has 0 aliphatic heterocycles. The first-order valence-corrected chi connectivity index (χ1v) is 7.45. The molecule has 4 nitrogen and oxygen atoms in total. The Bertz CT molecular complexity index is 441. The van der Waals surface area contributed by atoms with E-state index in [1.807, 2.05) is 25.1 Å². The molecule has 0 fully saturated rings. The average molecular weight is 272 g/mol. The summed E-state index contributed by atoms with van der Waals surface area (Å²) in [5.74, 6) is 0.447. The van der Waals surface area contributed by atoms with Gasteiger partial charge in [0.25, 0.3) is 0 Å². The first kappa shape index (κ1) is 15.1. The van der Waals surface area contributed by atoms with Crippen molar-refractivity contribution >= 4 is 10.4 Å². The van der Waals surface area contributed by atoms with Crippen molar-refractivity contribution in [3.05, 3.63) is 35.9 Å². The van der Waals surface area contributed by atoms with Crippen molar-refractivity contribution in [3.63, 3.8) is 0 Å². The summed E-state index contributed by atoms with van der Waals surface area (Å²) in [6.07, 6.45) is 1.82. The highest BCUT2D eigenvalue weighted by atomic mass is 32.3. The third kappa shape index (κ3) is 5.62. The molecule has 1 aromatic carbocycles. The van der Waals surface area contributed by atoms with Gasteiger partial charge in [0.1, 0.15) is 0 Å². The van der Waals surface area contributed by atoms with Gasteiger partial charge in [-0.2, -0.15) is 8.42 Å². The van der Waals surface area contributed by atoms with Gasteiger partial charge in [-0.25, -0.2) is 4.18 Å². The normalized spacial score (nSPS) is 15.3. The molecule has 0 spiro atoms. The lowest BCUT2D eigenvalue weighted by molar-refractivity contribution is 0.219. The van der Waals surface area contributed by atoms with Crippen molar-refractivity contribution in [2.45, 2.75) is 32.6 Å². The molecule has 0 heterocycles. The third-order valence-corrected chi connectivity index (χ3v) is 3.39.